The molecule has 4 aromatic carbocycles. The fraction of sp³-hybridized carbons (Fsp3) is 0.135. The van der Waals surface area contributed by atoms with Crippen molar-refractivity contribution in [1.82, 2.24) is 14.5 Å². The van der Waals surface area contributed by atoms with E-state index in [0.717, 1.165) is 39.6 Å². The number of hydrogen-bond acceptors (Lipinski definition) is 4. The van der Waals surface area contributed by atoms with Crippen LogP contribution in [0.4, 0.5) is 17.1 Å². The smallest absolute Gasteiger partial charge is 0.240 e. The molecule has 0 saturated heterocycles. The summed E-state index contributed by atoms with van der Waals surface area (Å²) in [6.45, 7) is 8.88. The zero-order chi connectivity index (χ0) is 28.8. The lowest BCUT2D eigenvalue weighted by Gasteiger charge is -2.42. The first kappa shape index (κ1) is 25.8. The molecule has 0 spiro atoms. The van der Waals surface area contributed by atoms with Crippen LogP contribution in [0.3, 0.4) is 0 Å². The van der Waals surface area contributed by atoms with Gasteiger partial charge in [-0.3, -0.25) is 4.57 Å². The largest absolute Gasteiger partial charge is 0.419 e. The van der Waals surface area contributed by atoms with Gasteiger partial charge in [-0.1, -0.05) is 86.6 Å². The Morgan fingerprint density at radius 2 is 1.38 bits per heavy atom. The minimum atomic E-state index is -0.176. The molecule has 0 atom stereocenters. The van der Waals surface area contributed by atoms with Crippen molar-refractivity contribution in [2.45, 2.75) is 33.1 Å². The summed E-state index contributed by atoms with van der Waals surface area (Å²) < 4.78 is 8.30. The third-order valence-electron chi connectivity index (χ3n) is 8.21. The highest BCUT2D eigenvalue weighted by Gasteiger charge is 2.37. The van der Waals surface area contributed by atoms with E-state index in [1.165, 1.54) is 16.8 Å². The van der Waals surface area contributed by atoms with Gasteiger partial charge in [-0.2, -0.15) is 4.98 Å². The van der Waals surface area contributed by atoms with Crippen LogP contribution in [0.2, 0.25) is 0 Å². The van der Waals surface area contributed by atoms with Crippen LogP contribution in [-0.4, -0.2) is 14.5 Å². The topological polar surface area (TPSA) is 43.2 Å². The van der Waals surface area contributed by atoms with E-state index < -0.39 is 0 Å². The molecule has 1 aliphatic rings. The van der Waals surface area contributed by atoms with Gasteiger partial charge in [-0.05, 0) is 66.4 Å². The molecule has 2 aromatic heterocycles. The maximum absolute atomic E-state index is 6.15. The average molecular weight is 549 g/mol. The molecule has 6 aromatic rings. The quantitative estimate of drug-likeness (QED) is 0.215. The van der Waals surface area contributed by atoms with Crippen LogP contribution < -0.4 is 9.64 Å². The van der Waals surface area contributed by atoms with Crippen molar-refractivity contribution >= 4 is 17.1 Å². The van der Waals surface area contributed by atoms with E-state index in [-0.39, 0.29) is 5.41 Å². The van der Waals surface area contributed by atoms with Gasteiger partial charge in [0.2, 0.25) is 11.8 Å². The average Bonchev–Trinajstić information content (AvgIpc) is 3.41. The molecule has 0 bridgehead atoms. The number of ether oxygens (including phenoxy) is 1. The Morgan fingerprint density at radius 3 is 2.14 bits per heavy atom. The summed E-state index contributed by atoms with van der Waals surface area (Å²) in [5, 5.41) is 0. The van der Waals surface area contributed by atoms with Crippen LogP contribution in [0.25, 0.3) is 17.1 Å². The number of rotatable bonds is 5. The molecule has 3 heterocycles. The van der Waals surface area contributed by atoms with E-state index in [1.54, 1.807) is 6.20 Å². The molecule has 0 amide bonds. The van der Waals surface area contributed by atoms with Crippen LogP contribution in [0.5, 0.6) is 11.8 Å². The number of fused-ring (bicyclic) bond motifs is 2. The van der Waals surface area contributed by atoms with Crippen molar-refractivity contribution in [2.24, 2.45) is 0 Å². The maximum atomic E-state index is 6.15. The molecule has 0 saturated carbocycles. The first-order chi connectivity index (χ1) is 20.4. The number of pyridine rings is 1. The normalized spacial score (nSPS) is 13.4. The van der Waals surface area contributed by atoms with E-state index in [9.17, 15) is 0 Å². The second kappa shape index (κ2) is 10.0. The summed E-state index contributed by atoms with van der Waals surface area (Å²) in [5.74, 6) is 1.81. The van der Waals surface area contributed by atoms with E-state index in [4.69, 9.17) is 9.72 Å². The molecule has 0 radical (unpaired) electrons. The minimum Gasteiger partial charge on any atom is -0.419 e. The molecule has 7 rings (SSSR count). The number of benzene rings is 4. The number of imidazole rings is 1. The Hall–Kier alpha value is -5.16. The van der Waals surface area contributed by atoms with Gasteiger partial charge >= 0.3 is 0 Å². The molecular formula is C37H32N4O. The highest BCUT2D eigenvalue weighted by atomic mass is 16.5. The molecule has 5 heteroatoms. The Balaban J connectivity index is 1.45. The zero-order valence-electron chi connectivity index (χ0n) is 24.2. The second-order valence-corrected chi connectivity index (χ2v) is 11.3. The number of aromatic nitrogens is 3. The molecule has 0 aliphatic carbocycles. The number of nitrogens with zero attached hydrogens (tertiary/aromatic N) is 4. The lowest BCUT2D eigenvalue weighted by atomic mass is 9.73. The van der Waals surface area contributed by atoms with Crippen molar-refractivity contribution in [2.75, 3.05) is 4.90 Å². The second-order valence-electron chi connectivity index (χ2n) is 11.3. The molecule has 5 nitrogen and oxygen atoms in total. The van der Waals surface area contributed by atoms with Gasteiger partial charge < -0.3 is 9.64 Å². The number of para-hydroxylation sites is 3. The predicted molar refractivity (Wildman–Crippen MR) is 170 cm³/mol. The third-order valence-corrected chi connectivity index (χ3v) is 8.21. The van der Waals surface area contributed by atoms with Gasteiger partial charge in [0, 0.05) is 28.9 Å². The zero-order valence-corrected chi connectivity index (χ0v) is 24.2. The van der Waals surface area contributed by atoms with Crippen LogP contribution >= 0.6 is 0 Å². The fourth-order valence-corrected chi connectivity index (χ4v) is 6.19. The fourth-order valence-electron chi connectivity index (χ4n) is 6.19. The number of hydrogen-bond donors (Lipinski definition) is 0. The molecule has 0 unspecified atom stereocenters. The summed E-state index contributed by atoms with van der Waals surface area (Å²) in [6, 6.07) is 38.0. The van der Waals surface area contributed by atoms with Crippen molar-refractivity contribution < 1.29 is 4.74 Å². The summed E-state index contributed by atoms with van der Waals surface area (Å²) in [4.78, 5) is 11.8. The molecule has 42 heavy (non-hydrogen) atoms. The van der Waals surface area contributed by atoms with Crippen molar-refractivity contribution in [1.29, 1.82) is 0 Å². The van der Waals surface area contributed by atoms with Gasteiger partial charge in [-0.15, -0.1) is 0 Å². The Bertz CT molecular complexity index is 1890. The summed E-state index contributed by atoms with van der Waals surface area (Å²) in [6.07, 6.45) is 3.69. The van der Waals surface area contributed by atoms with Gasteiger partial charge in [0.15, 0.2) is 0 Å². The molecular weight excluding hydrogens is 516 g/mol. The van der Waals surface area contributed by atoms with Crippen LogP contribution in [0, 0.1) is 13.8 Å². The molecule has 206 valence electrons. The lowest BCUT2D eigenvalue weighted by Crippen LogP contribution is -2.30. The SMILES string of the molecule is Cc1cccc(C)c1-n1cc(Oc2ccccn2)nc1-c1ccc2c(c1)N(c1ccccc1)c1ccccc1C2(C)C. The highest BCUT2D eigenvalue weighted by molar-refractivity contribution is 5.87. The standard InChI is InChI=1S/C37H32N4O/c1-25-13-12-14-26(2)35(25)40-24-34(42-33-19-10-11-22-38-33)39-36(40)27-20-21-30-32(23-27)41(28-15-6-5-7-16-28)31-18-9-8-17-29(31)37(30,3)4/h5-24H,1-4H3. The first-order valence-corrected chi connectivity index (χ1v) is 14.3. The minimum absolute atomic E-state index is 0.176. The van der Waals surface area contributed by atoms with Crippen molar-refractivity contribution in [3.63, 3.8) is 0 Å². The Kier molecular flexibility index (Phi) is 6.16. The highest BCUT2D eigenvalue weighted by Crippen LogP contribution is 2.52. The van der Waals surface area contributed by atoms with Gasteiger partial charge in [-0.25, -0.2) is 4.98 Å². The van der Waals surface area contributed by atoms with Gasteiger partial charge in [0.05, 0.1) is 23.3 Å². The Labute approximate surface area is 246 Å². The van der Waals surface area contributed by atoms with E-state index >= 15 is 0 Å². The van der Waals surface area contributed by atoms with Gasteiger partial charge in [0.25, 0.3) is 0 Å². The predicted octanol–water partition coefficient (Wildman–Crippen LogP) is 9.45. The lowest BCUT2D eigenvalue weighted by molar-refractivity contribution is 0.447. The van der Waals surface area contributed by atoms with Crippen molar-refractivity contribution in [3.05, 3.63) is 144 Å². The van der Waals surface area contributed by atoms with Gasteiger partial charge in [0.1, 0.15) is 5.82 Å². The van der Waals surface area contributed by atoms with Crippen LogP contribution in [0.1, 0.15) is 36.1 Å². The first-order valence-electron chi connectivity index (χ1n) is 14.3. The Morgan fingerprint density at radius 1 is 0.667 bits per heavy atom. The monoisotopic (exact) mass is 548 g/mol. The summed E-state index contributed by atoms with van der Waals surface area (Å²) >= 11 is 0. The van der Waals surface area contributed by atoms with E-state index in [2.05, 4.69) is 133 Å². The maximum Gasteiger partial charge on any atom is 0.240 e. The molecule has 0 fully saturated rings. The van der Waals surface area contributed by atoms with E-state index in [1.807, 2.05) is 24.4 Å². The number of aryl methyl sites for hydroxylation is 2. The van der Waals surface area contributed by atoms with Crippen LogP contribution in [-0.2, 0) is 5.41 Å². The molecule has 0 N–H and O–H groups in total. The third kappa shape index (κ3) is 4.25. The summed E-state index contributed by atoms with van der Waals surface area (Å²) in [5.41, 5.74) is 10.3. The molecule has 1 aliphatic heterocycles. The van der Waals surface area contributed by atoms with Crippen LogP contribution in [0.15, 0.2) is 122 Å². The van der Waals surface area contributed by atoms with Crippen molar-refractivity contribution in [3.8, 4) is 28.8 Å². The summed E-state index contributed by atoms with van der Waals surface area (Å²) in [7, 11) is 0. The number of anilines is 3. The van der Waals surface area contributed by atoms with E-state index in [0.29, 0.717) is 11.8 Å².